The highest BCUT2D eigenvalue weighted by Gasteiger charge is 2.31. The third-order valence-electron chi connectivity index (χ3n) is 5.51. The van der Waals surface area contributed by atoms with E-state index < -0.39 is 0 Å². The smallest absolute Gasteiger partial charge is 0.302 e. The van der Waals surface area contributed by atoms with Gasteiger partial charge in [-0.1, -0.05) is 18.2 Å². The van der Waals surface area contributed by atoms with Crippen molar-refractivity contribution < 1.29 is 28.3 Å². The number of esters is 1. The van der Waals surface area contributed by atoms with E-state index in [1.54, 1.807) is 30.0 Å². The van der Waals surface area contributed by atoms with Gasteiger partial charge in [0, 0.05) is 31.6 Å². The van der Waals surface area contributed by atoms with E-state index in [0.717, 1.165) is 5.56 Å². The number of hydrogen-bond donors (Lipinski definition) is 0. The van der Waals surface area contributed by atoms with Crippen LogP contribution < -0.4 is 9.64 Å². The molecule has 0 spiro atoms. The highest BCUT2D eigenvalue weighted by molar-refractivity contribution is 6.10. The number of fused-ring (bicyclic) bond motifs is 1. The van der Waals surface area contributed by atoms with Crippen molar-refractivity contribution in [1.29, 1.82) is 0 Å². The van der Waals surface area contributed by atoms with Gasteiger partial charge in [0.2, 0.25) is 17.7 Å². The van der Waals surface area contributed by atoms with Crippen LogP contribution in [0.25, 0.3) is 0 Å². The Bertz CT molecular complexity index is 1250. The molecule has 10 nitrogen and oxygen atoms in total. The Balaban J connectivity index is 1.54. The Labute approximate surface area is 202 Å². The quantitative estimate of drug-likeness (QED) is 0.376. The third kappa shape index (κ3) is 5.65. The highest BCUT2D eigenvalue weighted by atomic mass is 16.6. The minimum absolute atomic E-state index is 0.122. The number of rotatable bonds is 7. The van der Waals surface area contributed by atoms with Gasteiger partial charge in [-0.2, -0.15) is 0 Å². The van der Waals surface area contributed by atoms with Crippen LogP contribution in [0.5, 0.6) is 5.75 Å². The summed E-state index contributed by atoms with van der Waals surface area (Å²) in [6.45, 7) is 5.53. The molecule has 0 saturated carbocycles. The summed E-state index contributed by atoms with van der Waals surface area (Å²) in [4.78, 5) is 40.7. The number of para-hydroxylation sites is 1. The van der Waals surface area contributed by atoms with E-state index in [2.05, 4.69) is 10.2 Å². The Kier molecular flexibility index (Phi) is 7.09. The molecule has 1 aromatic heterocycles. The zero-order valence-corrected chi connectivity index (χ0v) is 19.8. The van der Waals surface area contributed by atoms with Crippen molar-refractivity contribution in [2.45, 2.75) is 33.9 Å². The number of nitrogens with zero attached hydrogens (tertiary/aromatic N) is 4. The molecule has 0 saturated heterocycles. The van der Waals surface area contributed by atoms with E-state index in [1.165, 1.54) is 11.8 Å². The summed E-state index contributed by atoms with van der Waals surface area (Å²) in [7, 11) is 0. The van der Waals surface area contributed by atoms with Crippen molar-refractivity contribution in [2.75, 3.05) is 24.7 Å². The van der Waals surface area contributed by atoms with Crippen LogP contribution >= 0.6 is 0 Å². The number of carbonyl (C=O) groups excluding carboxylic acids is 3. The van der Waals surface area contributed by atoms with Gasteiger partial charge >= 0.3 is 5.97 Å². The van der Waals surface area contributed by atoms with Gasteiger partial charge in [0.25, 0.3) is 5.91 Å². The molecule has 1 aliphatic rings. The van der Waals surface area contributed by atoms with E-state index in [0.29, 0.717) is 40.9 Å². The van der Waals surface area contributed by atoms with Crippen LogP contribution in [0.4, 0.5) is 5.69 Å². The maximum atomic E-state index is 13.6. The van der Waals surface area contributed by atoms with Crippen LogP contribution in [0.15, 0.2) is 46.9 Å². The van der Waals surface area contributed by atoms with Crippen LogP contribution in [0.2, 0.25) is 0 Å². The molecule has 10 heteroatoms. The fourth-order valence-electron chi connectivity index (χ4n) is 3.87. The van der Waals surface area contributed by atoms with E-state index in [4.69, 9.17) is 13.9 Å². The largest absolute Gasteiger partial charge is 0.490 e. The maximum absolute atomic E-state index is 13.6. The van der Waals surface area contributed by atoms with E-state index in [9.17, 15) is 14.4 Å². The van der Waals surface area contributed by atoms with Gasteiger partial charge in [-0.05, 0) is 42.3 Å². The standard InChI is InChI=1S/C25H26N4O6/c1-16-12-20(34-11-10-33-18(3)30)8-9-21(16)25(32)29-15-24(31)28(14-23-27-26-17(2)35-23)13-19-6-4-5-7-22(19)29/h4-9,12H,10-11,13-15H2,1-3H3. The molecule has 35 heavy (non-hydrogen) atoms. The van der Waals surface area contributed by atoms with Crippen molar-refractivity contribution >= 4 is 23.5 Å². The summed E-state index contributed by atoms with van der Waals surface area (Å²) in [5.41, 5.74) is 2.68. The van der Waals surface area contributed by atoms with E-state index in [-0.39, 0.29) is 44.1 Å². The lowest BCUT2D eigenvalue weighted by Gasteiger charge is -2.23. The fraction of sp³-hybridized carbons (Fsp3) is 0.320. The van der Waals surface area contributed by atoms with Gasteiger partial charge in [0.05, 0.1) is 6.54 Å². The number of carbonyl (C=O) groups is 3. The molecule has 0 aliphatic carbocycles. The van der Waals surface area contributed by atoms with Crippen molar-refractivity contribution in [3.05, 3.63) is 70.9 Å². The minimum atomic E-state index is -0.372. The lowest BCUT2D eigenvalue weighted by atomic mass is 10.1. The van der Waals surface area contributed by atoms with Crippen LogP contribution in [0.3, 0.4) is 0 Å². The van der Waals surface area contributed by atoms with E-state index in [1.807, 2.05) is 31.2 Å². The predicted molar refractivity (Wildman–Crippen MR) is 125 cm³/mol. The normalized spacial score (nSPS) is 13.3. The average molecular weight is 479 g/mol. The third-order valence-corrected chi connectivity index (χ3v) is 5.51. The fourth-order valence-corrected chi connectivity index (χ4v) is 3.87. The molecular weight excluding hydrogens is 452 g/mol. The summed E-state index contributed by atoms with van der Waals surface area (Å²) >= 11 is 0. The Morgan fingerprint density at radius 3 is 2.57 bits per heavy atom. The lowest BCUT2D eigenvalue weighted by molar-refractivity contribution is -0.141. The van der Waals surface area contributed by atoms with Crippen LogP contribution in [0.1, 0.15) is 40.2 Å². The van der Waals surface area contributed by atoms with Gasteiger partial charge < -0.3 is 18.8 Å². The number of aromatic nitrogens is 2. The summed E-state index contributed by atoms with van der Waals surface area (Å²) in [5.74, 6) is 0.434. The predicted octanol–water partition coefficient (Wildman–Crippen LogP) is 2.82. The molecule has 182 valence electrons. The van der Waals surface area contributed by atoms with Gasteiger partial charge in [-0.25, -0.2) is 0 Å². The van der Waals surface area contributed by atoms with Crippen molar-refractivity contribution in [3.63, 3.8) is 0 Å². The zero-order valence-electron chi connectivity index (χ0n) is 19.8. The number of anilines is 1. The van der Waals surface area contributed by atoms with Crippen molar-refractivity contribution in [3.8, 4) is 5.75 Å². The number of benzene rings is 2. The molecule has 3 aromatic rings. The summed E-state index contributed by atoms with van der Waals surface area (Å²) in [6.07, 6.45) is 0. The second-order valence-electron chi connectivity index (χ2n) is 8.15. The van der Waals surface area contributed by atoms with Crippen LogP contribution in [0, 0.1) is 13.8 Å². The molecule has 0 unspecified atom stereocenters. The van der Waals surface area contributed by atoms with Crippen LogP contribution in [-0.4, -0.2) is 52.6 Å². The molecular formula is C25H26N4O6. The first-order valence-corrected chi connectivity index (χ1v) is 11.1. The zero-order chi connectivity index (χ0) is 24.9. The van der Waals surface area contributed by atoms with Crippen LogP contribution in [-0.2, 0) is 27.4 Å². The topological polar surface area (TPSA) is 115 Å². The lowest BCUT2D eigenvalue weighted by Crippen LogP contribution is -2.40. The Hall–Kier alpha value is -4.21. The van der Waals surface area contributed by atoms with Gasteiger partial charge in [0.1, 0.15) is 25.5 Å². The van der Waals surface area contributed by atoms with Gasteiger partial charge in [0.15, 0.2) is 0 Å². The molecule has 2 heterocycles. The van der Waals surface area contributed by atoms with Crippen molar-refractivity contribution in [2.24, 2.45) is 0 Å². The first kappa shape index (κ1) is 23.9. The molecule has 2 aromatic carbocycles. The molecule has 0 bridgehead atoms. The highest BCUT2D eigenvalue weighted by Crippen LogP contribution is 2.29. The number of hydrogen-bond acceptors (Lipinski definition) is 8. The molecule has 1 aliphatic heterocycles. The monoisotopic (exact) mass is 478 g/mol. The first-order valence-electron chi connectivity index (χ1n) is 11.1. The van der Waals surface area contributed by atoms with Gasteiger partial charge in [-0.15, -0.1) is 10.2 Å². The Morgan fingerprint density at radius 1 is 1.06 bits per heavy atom. The van der Waals surface area contributed by atoms with E-state index >= 15 is 0 Å². The second kappa shape index (κ2) is 10.4. The number of amides is 2. The number of aryl methyl sites for hydroxylation is 2. The average Bonchev–Trinajstić information content (AvgIpc) is 3.18. The molecule has 2 amide bonds. The Morgan fingerprint density at radius 2 is 1.86 bits per heavy atom. The van der Waals surface area contributed by atoms with Gasteiger partial charge in [-0.3, -0.25) is 19.3 Å². The summed E-state index contributed by atoms with van der Waals surface area (Å²) in [6, 6.07) is 12.6. The molecule has 4 rings (SSSR count). The molecule has 0 radical (unpaired) electrons. The summed E-state index contributed by atoms with van der Waals surface area (Å²) in [5, 5.41) is 7.81. The SMILES string of the molecule is CC(=O)OCCOc1ccc(C(=O)N2CC(=O)N(Cc3nnc(C)o3)Cc3ccccc32)c(C)c1. The molecule has 0 fully saturated rings. The maximum Gasteiger partial charge on any atom is 0.302 e. The first-order chi connectivity index (χ1) is 16.8. The second-order valence-corrected chi connectivity index (χ2v) is 8.15. The minimum Gasteiger partial charge on any atom is -0.490 e. The molecule has 0 atom stereocenters. The summed E-state index contributed by atoms with van der Waals surface area (Å²) < 4.78 is 15.9. The molecule has 0 N–H and O–H groups in total. The van der Waals surface area contributed by atoms with Crippen molar-refractivity contribution in [1.82, 2.24) is 15.1 Å². The number of ether oxygens (including phenoxy) is 2.